The molecule has 1 aliphatic carbocycles. The highest BCUT2D eigenvalue weighted by molar-refractivity contribution is 6.33. The fourth-order valence-corrected chi connectivity index (χ4v) is 5.53. The minimum absolute atomic E-state index is 0.0613. The SMILES string of the molecule is CC1(C)c2cccc(-c3cc(-c4ccccc4)ccc3Cl)c2-c2c1ccc1ccccc21. The molecule has 1 heteroatoms. The summed E-state index contributed by atoms with van der Waals surface area (Å²) in [5.74, 6) is 0. The van der Waals surface area contributed by atoms with Crippen LogP contribution >= 0.6 is 11.6 Å². The summed E-state index contributed by atoms with van der Waals surface area (Å²) in [7, 11) is 0. The predicted octanol–water partition coefficient (Wildman–Crippen LogP) is 9.13. The first-order chi connectivity index (χ1) is 15.6. The summed E-state index contributed by atoms with van der Waals surface area (Å²) in [6.07, 6.45) is 0. The fourth-order valence-electron chi connectivity index (χ4n) is 5.32. The van der Waals surface area contributed by atoms with E-state index in [4.69, 9.17) is 11.6 Å². The van der Waals surface area contributed by atoms with E-state index in [2.05, 4.69) is 111 Å². The highest BCUT2D eigenvalue weighted by atomic mass is 35.5. The van der Waals surface area contributed by atoms with Crippen molar-refractivity contribution >= 4 is 22.4 Å². The molecule has 0 atom stereocenters. The number of rotatable bonds is 2. The molecule has 5 aromatic carbocycles. The van der Waals surface area contributed by atoms with Crippen molar-refractivity contribution in [2.45, 2.75) is 19.3 Å². The van der Waals surface area contributed by atoms with Crippen LogP contribution in [0.5, 0.6) is 0 Å². The second kappa shape index (κ2) is 7.08. The normalized spacial score (nSPS) is 13.7. The Bertz CT molecular complexity index is 1490. The van der Waals surface area contributed by atoms with Crippen LogP contribution in [0.1, 0.15) is 25.0 Å². The van der Waals surface area contributed by atoms with Crippen LogP contribution in [0.2, 0.25) is 5.02 Å². The van der Waals surface area contributed by atoms with Crippen molar-refractivity contribution in [3.63, 3.8) is 0 Å². The van der Waals surface area contributed by atoms with Crippen LogP contribution in [0, 0.1) is 0 Å². The number of hydrogen-bond acceptors (Lipinski definition) is 0. The fraction of sp³-hybridized carbons (Fsp3) is 0.0968. The van der Waals surface area contributed by atoms with Crippen LogP contribution in [0.4, 0.5) is 0 Å². The van der Waals surface area contributed by atoms with Crippen LogP contribution in [0.3, 0.4) is 0 Å². The van der Waals surface area contributed by atoms with Crippen molar-refractivity contribution in [1.29, 1.82) is 0 Å². The van der Waals surface area contributed by atoms with Gasteiger partial charge in [0.2, 0.25) is 0 Å². The van der Waals surface area contributed by atoms with Crippen LogP contribution in [-0.2, 0) is 5.41 Å². The summed E-state index contributed by atoms with van der Waals surface area (Å²) < 4.78 is 0. The van der Waals surface area contributed by atoms with Crippen LogP contribution in [0.15, 0.2) is 103 Å². The summed E-state index contributed by atoms with van der Waals surface area (Å²) in [6.45, 7) is 4.66. The summed E-state index contributed by atoms with van der Waals surface area (Å²) in [5.41, 5.74) is 10.0. The summed E-state index contributed by atoms with van der Waals surface area (Å²) in [4.78, 5) is 0. The molecule has 154 valence electrons. The van der Waals surface area contributed by atoms with Gasteiger partial charge < -0.3 is 0 Å². The molecule has 32 heavy (non-hydrogen) atoms. The van der Waals surface area contributed by atoms with Crippen molar-refractivity contribution in [1.82, 2.24) is 0 Å². The second-order valence-electron chi connectivity index (χ2n) is 9.12. The van der Waals surface area contributed by atoms with Crippen molar-refractivity contribution in [3.8, 4) is 33.4 Å². The van der Waals surface area contributed by atoms with Crippen molar-refractivity contribution in [2.24, 2.45) is 0 Å². The second-order valence-corrected chi connectivity index (χ2v) is 9.53. The molecule has 0 radical (unpaired) electrons. The van der Waals surface area contributed by atoms with Gasteiger partial charge in [0.05, 0.1) is 0 Å². The van der Waals surface area contributed by atoms with Gasteiger partial charge in [0.15, 0.2) is 0 Å². The standard InChI is InChI=1S/C31H23Cl/c1-31(2)26-14-8-13-24(25-19-22(16-18-28(25)32)20-9-4-3-5-10-20)30(26)29-23-12-7-6-11-21(23)15-17-27(29)31/h3-19H,1-2H3. The lowest BCUT2D eigenvalue weighted by Gasteiger charge is -2.22. The maximum absolute atomic E-state index is 6.84. The number of fused-ring (bicyclic) bond motifs is 5. The largest absolute Gasteiger partial charge is 0.0837 e. The third-order valence-electron chi connectivity index (χ3n) is 6.95. The lowest BCUT2D eigenvalue weighted by molar-refractivity contribution is 0.661. The summed E-state index contributed by atoms with van der Waals surface area (Å²) >= 11 is 6.84. The van der Waals surface area contributed by atoms with Gasteiger partial charge in [-0.1, -0.05) is 116 Å². The quantitative estimate of drug-likeness (QED) is 0.262. The first-order valence-corrected chi connectivity index (χ1v) is 11.4. The van der Waals surface area contributed by atoms with Gasteiger partial charge in [0.1, 0.15) is 0 Å². The molecule has 0 nitrogen and oxygen atoms in total. The first-order valence-electron chi connectivity index (χ1n) is 11.1. The van der Waals surface area contributed by atoms with E-state index in [9.17, 15) is 0 Å². The van der Waals surface area contributed by atoms with Gasteiger partial charge in [-0.05, 0) is 61.8 Å². The van der Waals surface area contributed by atoms with E-state index < -0.39 is 0 Å². The first kappa shape index (κ1) is 19.3. The van der Waals surface area contributed by atoms with Crippen LogP contribution in [-0.4, -0.2) is 0 Å². The van der Waals surface area contributed by atoms with Crippen LogP contribution in [0.25, 0.3) is 44.2 Å². The smallest absolute Gasteiger partial charge is 0.0485 e. The van der Waals surface area contributed by atoms with Gasteiger partial charge in [-0.2, -0.15) is 0 Å². The van der Waals surface area contributed by atoms with Gasteiger partial charge in [0.25, 0.3) is 0 Å². The van der Waals surface area contributed by atoms with Crippen molar-refractivity contribution in [3.05, 3.63) is 119 Å². The number of hydrogen-bond donors (Lipinski definition) is 0. The average Bonchev–Trinajstić information content (AvgIpc) is 3.07. The molecule has 0 aromatic heterocycles. The zero-order valence-corrected chi connectivity index (χ0v) is 18.9. The zero-order chi connectivity index (χ0) is 21.9. The molecule has 0 saturated carbocycles. The minimum atomic E-state index is -0.0613. The van der Waals surface area contributed by atoms with Crippen molar-refractivity contribution in [2.75, 3.05) is 0 Å². The number of benzene rings is 5. The van der Waals surface area contributed by atoms with E-state index in [-0.39, 0.29) is 5.41 Å². The van der Waals surface area contributed by atoms with E-state index in [0.717, 1.165) is 10.6 Å². The Hall–Kier alpha value is -3.35. The third-order valence-corrected chi connectivity index (χ3v) is 7.28. The van der Waals surface area contributed by atoms with Gasteiger partial charge in [-0.25, -0.2) is 0 Å². The van der Waals surface area contributed by atoms with Gasteiger partial charge >= 0.3 is 0 Å². The van der Waals surface area contributed by atoms with E-state index >= 15 is 0 Å². The third kappa shape index (κ3) is 2.76. The molecule has 0 unspecified atom stereocenters. The molecule has 0 aliphatic heterocycles. The molecule has 1 aliphatic rings. The van der Waals surface area contributed by atoms with E-state index in [1.807, 2.05) is 6.07 Å². The molecule has 0 bridgehead atoms. The molecule has 0 spiro atoms. The predicted molar refractivity (Wildman–Crippen MR) is 137 cm³/mol. The molecule has 0 amide bonds. The molecule has 0 N–H and O–H groups in total. The molecule has 0 heterocycles. The Morgan fingerprint density at radius 1 is 0.562 bits per heavy atom. The Balaban J connectivity index is 1.68. The molecule has 0 fully saturated rings. The highest BCUT2D eigenvalue weighted by Crippen LogP contribution is 2.55. The van der Waals surface area contributed by atoms with E-state index in [0.29, 0.717) is 0 Å². The minimum Gasteiger partial charge on any atom is -0.0837 e. The Labute approximate surface area is 194 Å². The van der Waals surface area contributed by atoms with E-state index in [1.165, 1.54) is 49.7 Å². The highest BCUT2D eigenvalue weighted by Gasteiger charge is 2.38. The lowest BCUT2D eigenvalue weighted by Crippen LogP contribution is -2.14. The zero-order valence-electron chi connectivity index (χ0n) is 18.2. The van der Waals surface area contributed by atoms with Gasteiger partial charge in [0, 0.05) is 16.0 Å². The van der Waals surface area contributed by atoms with Gasteiger partial charge in [-0.3, -0.25) is 0 Å². The van der Waals surface area contributed by atoms with E-state index in [1.54, 1.807) is 0 Å². The monoisotopic (exact) mass is 430 g/mol. The Morgan fingerprint density at radius 2 is 1.31 bits per heavy atom. The lowest BCUT2D eigenvalue weighted by atomic mass is 9.81. The maximum atomic E-state index is 6.84. The molecular formula is C31H23Cl. The van der Waals surface area contributed by atoms with Crippen LogP contribution < -0.4 is 0 Å². The molecular weight excluding hydrogens is 408 g/mol. The Morgan fingerprint density at radius 3 is 2.16 bits per heavy atom. The summed E-state index contributed by atoms with van der Waals surface area (Å²) in [5, 5.41) is 3.36. The Kier molecular flexibility index (Phi) is 4.28. The average molecular weight is 431 g/mol. The molecule has 0 saturated heterocycles. The maximum Gasteiger partial charge on any atom is 0.0485 e. The number of halogens is 1. The molecule has 5 aromatic rings. The summed E-state index contributed by atoms with van der Waals surface area (Å²) in [6, 6.07) is 36.8. The topological polar surface area (TPSA) is 0 Å². The van der Waals surface area contributed by atoms with Crippen molar-refractivity contribution < 1.29 is 0 Å². The van der Waals surface area contributed by atoms with Gasteiger partial charge in [-0.15, -0.1) is 0 Å². The molecule has 6 rings (SSSR count).